The topological polar surface area (TPSA) is 132 Å². The number of carbonyl (C=O) groups excluding carboxylic acids is 5. The van der Waals surface area contributed by atoms with Crippen molar-refractivity contribution < 1.29 is 47.7 Å². The molecule has 0 amide bonds. The molecule has 10 nitrogen and oxygen atoms in total. The Morgan fingerprint density at radius 2 is 1.64 bits per heavy atom. The van der Waals surface area contributed by atoms with Crippen LogP contribution in [0.15, 0.2) is 11.6 Å². The minimum atomic E-state index is -1.96. The molecule has 39 heavy (non-hydrogen) atoms. The van der Waals surface area contributed by atoms with E-state index < -0.39 is 80.6 Å². The van der Waals surface area contributed by atoms with Crippen LogP contribution in [0.5, 0.6) is 0 Å². The monoisotopic (exact) mass is 546 g/mol. The Morgan fingerprint density at radius 1 is 1.00 bits per heavy atom. The Labute approximate surface area is 228 Å². The summed E-state index contributed by atoms with van der Waals surface area (Å²) in [5.41, 5.74) is -7.08. The number of hydrogen-bond acceptors (Lipinski definition) is 10. The highest BCUT2D eigenvalue weighted by Crippen LogP contribution is 2.75. The third-order valence-electron chi connectivity index (χ3n) is 11.0. The van der Waals surface area contributed by atoms with Crippen molar-refractivity contribution >= 4 is 29.7 Å². The predicted molar refractivity (Wildman–Crippen MR) is 134 cm³/mol. The van der Waals surface area contributed by atoms with Crippen LogP contribution in [-0.4, -0.2) is 67.3 Å². The molecule has 9 unspecified atom stereocenters. The van der Waals surface area contributed by atoms with Crippen LogP contribution in [0.3, 0.4) is 0 Å². The fraction of sp³-hybridized carbons (Fsp3) is 0.759. The van der Waals surface area contributed by atoms with Gasteiger partial charge in [-0.25, -0.2) is 4.79 Å². The molecular formula is C29H38O10. The lowest BCUT2D eigenvalue weighted by atomic mass is 9.38. The normalized spacial score (nSPS) is 47.2. The van der Waals surface area contributed by atoms with Crippen molar-refractivity contribution in [2.45, 2.75) is 91.1 Å². The first-order valence-corrected chi connectivity index (χ1v) is 13.4. The lowest BCUT2D eigenvalue weighted by Crippen LogP contribution is -2.67. The standard InChI is InChI=1S/C29H38O10/c1-14(30)37-17-10-11-29-16-13-26(5)27(6,21(32)28(7,39-26)22(33)36-9)19(20(31)35-8)25(16,4)12-15(38-23(29)34)18(29)24(17,2)3/h13,15,17-19H,10-12H2,1-9H3. The number of esters is 4. The largest absolute Gasteiger partial charge is 0.469 e. The van der Waals surface area contributed by atoms with Crippen LogP contribution in [0.25, 0.3) is 0 Å². The smallest absolute Gasteiger partial charge is 0.345 e. The third kappa shape index (κ3) is 2.99. The molecule has 9 atom stereocenters. The molecule has 2 saturated carbocycles. The van der Waals surface area contributed by atoms with Crippen LogP contribution in [0.1, 0.15) is 67.7 Å². The minimum Gasteiger partial charge on any atom is -0.469 e. The maximum Gasteiger partial charge on any atom is 0.345 e. The van der Waals surface area contributed by atoms with Crippen molar-refractivity contribution in [2.75, 3.05) is 14.2 Å². The average molecular weight is 547 g/mol. The summed E-state index contributed by atoms with van der Waals surface area (Å²) in [7, 11) is 2.44. The third-order valence-corrected chi connectivity index (χ3v) is 11.0. The molecule has 214 valence electrons. The molecule has 2 bridgehead atoms. The van der Waals surface area contributed by atoms with E-state index in [1.807, 2.05) is 20.8 Å². The van der Waals surface area contributed by atoms with Crippen LogP contribution < -0.4 is 0 Å². The molecule has 0 aromatic heterocycles. The molecule has 0 radical (unpaired) electrons. The van der Waals surface area contributed by atoms with Gasteiger partial charge in [-0.2, -0.15) is 0 Å². The minimum absolute atomic E-state index is 0.251. The number of fused-ring (bicyclic) bond motifs is 2. The SMILES string of the molecule is COC(=O)C1C2(C)CC3OC(=O)C4(CCC(OC(C)=O)C(C)(C)C34)C2=CC2(C)OC(C)(C(=O)OC)C(=O)C12C. The Bertz CT molecular complexity index is 1230. The first-order chi connectivity index (χ1) is 17.9. The summed E-state index contributed by atoms with van der Waals surface area (Å²) < 4.78 is 28.4. The van der Waals surface area contributed by atoms with Crippen molar-refractivity contribution in [1.29, 1.82) is 0 Å². The lowest BCUT2D eigenvalue weighted by Gasteiger charge is -2.63. The van der Waals surface area contributed by atoms with Gasteiger partial charge in [0.15, 0.2) is 5.78 Å². The van der Waals surface area contributed by atoms with Gasteiger partial charge in [0.05, 0.1) is 36.6 Å². The van der Waals surface area contributed by atoms with E-state index in [0.717, 1.165) is 0 Å². The second-order valence-electron chi connectivity index (χ2n) is 13.3. The summed E-state index contributed by atoms with van der Waals surface area (Å²) in [6, 6.07) is 0. The second kappa shape index (κ2) is 7.92. The number of methoxy groups -OCH3 is 2. The molecule has 0 aromatic rings. The van der Waals surface area contributed by atoms with Gasteiger partial charge < -0.3 is 23.7 Å². The number of ether oxygens (including phenoxy) is 5. The van der Waals surface area contributed by atoms with Gasteiger partial charge in [-0.3, -0.25) is 19.2 Å². The van der Waals surface area contributed by atoms with Crippen LogP contribution in [0, 0.1) is 33.5 Å². The van der Waals surface area contributed by atoms with E-state index in [2.05, 4.69) is 0 Å². The molecule has 3 aliphatic carbocycles. The van der Waals surface area contributed by atoms with E-state index in [4.69, 9.17) is 23.7 Å². The zero-order chi connectivity index (χ0) is 29.1. The molecule has 2 saturated heterocycles. The Kier molecular flexibility index (Phi) is 5.65. The Hall–Kier alpha value is -2.75. The number of hydrogen-bond donors (Lipinski definition) is 0. The highest BCUT2D eigenvalue weighted by molar-refractivity contribution is 6.13. The zero-order valence-corrected chi connectivity index (χ0v) is 24.1. The maximum atomic E-state index is 14.2. The van der Waals surface area contributed by atoms with E-state index in [1.165, 1.54) is 28.1 Å². The second-order valence-corrected chi connectivity index (χ2v) is 13.3. The van der Waals surface area contributed by atoms with Gasteiger partial charge in [-0.15, -0.1) is 0 Å². The molecule has 0 spiro atoms. The van der Waals surface area contributed by atoms with Crippen LogP contribution in [0.4, 0.5) is 0 Å². The summed E-state index contributed by atoms with van der Waals surface area (Å²) >= 11 is 0. The van der Waals surface area contributed by atoms with Crippen LogP contribution >= 0.6 is 0 Å². The van der Waals surface area contributed by atoms with E-state index in [-0.39, 0.29) is 12.3 Å². The van der Waals surface area contributed by atoms with Gasteiger partial charge in [-0.1, -0.05) is 26.8 Å². The summed E-state index contributed by atoms with van der Waals surface area (Å²) in [6.07, 6.45) is 1.78. The predicted octanol–water partition coefficient (Wildman–Crippen LogP) is 2.70. The molecule has 2 aliphatic heterocycles. The number of carbonyl (C=O) groups is 5. The molecule has 10 heteroatoms. The number of rotatable bonds is 3. The molecule has 2 heterocycles. The lowest BCUT2D eigenvalue weighted by molar-refractivity contribution is -0.187. The van der Waals surface area contributed by atoms with Gasteiger partial charge in [0, 0.05) is 23.7 Å². The van der Waals surface area contributed by atoms with Crippen molar-refractivity contribution in [3.05, 3.63) is 11.6 Å². The van der Waals surface area contributed by atoms with Crippen LogP contribution in [-0.2, 0) is 47.7 Å². The molecule has 5 rings (SSSR count). The van der Waals surface area contributed by atoms with Gasteiger partial charge >= 0.3 is 23.9 Å². The van der Waals surface area contributed by atoms with E-state index in [0.29, 0.717) is 18.4 Å². The Balaban J connectivity index is 1.78. The van der Waals surface area contributed by atoms with E-state index in [1.54, 1.807) is 19.9 Å². The van der Waals surface area contributed by atoms with E-state index in [9.17, 15) is 24.0 Å². The molecule has 5 aliphatic rings. The molecule has 4 fully saturated rings. The summed E-state index contributed by atoms with van der Waals surface area (Å²) in [6.45, 7) is 11.9. The molecular weight excluding hydrogens is 508 g/mol. The number of ketones is 1. The van der Waals surface area contributed by atoms with Crippen molar-refractivity contribution in [3.63, 3.8) is 0 Å². The summed E-state index contributed by atoms with van der Waals surface area (Å²) in [4.78, 5) is 66.7. The van der Waals surface area contributed by atoms with E-state index >= 15 is 0 Å². The van der Waals surface area contributed by atoms with Gasteiger partial charge in [0.1, 0.15) is 12.2 Å². The fourth-order valence-electron chi connectivity index (χ4n) is 9.39. The summed E-state index contributed by atoms with van der Waals surface area (Å²) in [5.74, 6) is -4.28. The number of Topliss-reactive ketones (excluding diaryl/α,β-unsaturated/α-hetero) is 1. The average Bonchev–Trinajstić information content (AvgIpc) is 3.18. The van der Waals surface area contributed by atoms with Crippen LogP contribution in [0.2, 0.25) is 0 Å². The van der Waals surface area contributed by atoms with Gasteiger partial charge in [0.2, 0.25) is 5.60 Å². The molecule has 0 N–H and O–H groups in total. The fourth-order valence-corrected chi connectivity index (χ4v) is 9.39. The van der Waals surface area contributed by atoms with Crippen molar-refractivity contribution in [1.82, 2.24) is 0 Å². The quantitative estimate of drug-likeness (QED) is 0.225. The van der Waals surface area contributed by atoms with Gasteiger partial charge in [-0.05, 0) is 45.6 Å². The Morgan fingerprint density at radius 3 is 2.21 bits per heavy atom. The molecule has 0 aromatic carbocycles. The first-order valence-electron chi connectivity index (χ1n) is 13.4. The first kappa shape index (κ1) is 27.8. The maximum absolute atomic E-state index is 14.2. The summed E-state index contributed by atoms with van der Waals surface area (Å²) in [5, 5.41) is 0. The zero-order valence-electron chi connectivity index (χ0n) is 24.1. The highest BCUT2D eigenvalue weighted by atomic mass is 16.6. The van der Waals surface area contributed by atoms with Crippen molar-refractivity contribution in [2.24, 2.45) is 33.5 Å². The van der Waals surface area contributed by atoms with Crippen molar-refractivity contribution in [3.8, 4) is 0 Å². The van der Waals surface area contributed by atoms with Gasteiger partial charge in [0.25, 0.3) is 0 Å². The highest BCUT2D eigenvalue weighted by Gasteiger charge is 2.82.